The third kappa shape index (κ3) is 3.60. The van der Waals surface area contributed by atoms with Crippen molar-refractivity contribution < 1.29 is 0 Å². The molecule has 0 fully saturated rings. The molecular weight excluding hydrogens is 242 g/mol. The van der Waals surface area contributed by atoms with Crippen molar-refractivity contribution in [2.45, 2.75) is 39.3 Å². The predicted octanol–water partition coefficient (Wildman–Crippen LogP) is 2.83. The van der Waals surface area contributed by atoms with Crippen molar-refractivity contribution in [2.75, 3.05) is 6.54 Å². The topological polar surface area (TPSA) is 36.4 Å². The van der Waals surface area contributed by atoms with Gasteiger partial charge in [-0.15, -0.1) is 11.3 Å². The molecule has 0 aliphatic heterocycles. The van der Waals surface area contributed by atoms with Crippen molar-refractivity contribution in [3.8, 4) is 0 Å². The summed E-state index contributed by atoms with van der Waals surface area (Å²) < 4.78 is 0. The van der Waals surface area contributed by atoms with E-state index in [9.17, 15) is 0 Å². The fourth-order valence-corrected chi connectivity index (χ4v) is 2.79. The maximum atomic E-state index is 4.66. The van der Waals surface area contributed by atoms with Gasteiger partial charge in [0.15, 0.2) is 5.96 Å². The molecule has 3 nitrogen and oxygen atoms in total. The van der Waals surface area contributed by atoms with Gasteiger partial charge in [-0.1, -0.05) is 12.2 Å². The van der Waals surface area contributed by atoms with Crippen molar-refractivity contribution >= 4 is 17.3 Å². The van der Waals surface area contributed by atoms with Crippen molar-refractivity contribution in [3.05, 3.63) is 34.0 Å². The molecule has 0 aromatic carbocycles. The second-order valence-electron chi connectivity index (χ2n) is 4.51. The van der Waals surface area contributed by atoms with Crippen molar-refractivity contribution in [1.29, 1.82) is 0 Å². The zero-order valence-corrected chi connectivity index (χ0v) is 11.9. The molecule has 0 saturated carbocycles. The minimum atomic E-state index is 0.507. The molecule has 0 unspecified atom stereocenters. The lowest BCUT2D eigenvalue weighted by Crippen LogP contribution is -2.42. The Kier molecular flexibility index (Phi) is 4.81. The lowest BCUT2D eigenvalue weighted by Gasteiger charge is -2.16. The summed E-state index contributed by atoms with van der Waals surface area (Å²) in [7, 11) is 0. The van der Waals surface area contributed by atoms with Crippen LogP contribution in [0.1, 0.15) is 30.2 Å². The Labute approximate surface area is 113 Å². The fourth-order valence-electron chi connectivity index (χ4n) is 1.97. The summed E-state index contributed by atoms with van der Waals surface area (Å²) in [5, 5.41) is 8.91. The number of nitrogens with zero attached hydrogens (tertiary/aromatic N) is 1. The fraction of sp³-hybridized carbons (Fsp3) is 0.500. The van der Waals surface area contributed by atoms with Gasteiger partial charge < -0.3 is 10.6 Å². The summed E-state index contributed by atoms with van der Waals surface area (Å²) in [5.74, 6) is 0.930. The smallest absolute Gasteiger partial charge is 0.191 e. The van der Waals surface area contributed by atoms with Gasteiger partial charge in [0.2, 0.25) is 0 Å². The quantitative estimate of drug-likeness (QED) is 0.498. The second-order valence-corrected chi connectivity index (χ2v) is 5.51. The highest BCUT2D eigenvalue weighted by molar-refractivity contribution is 7.10. The summed E-state index contributed by atoms with van der Waals surface area (Å²) in [6, 6.07) is 2.66. The van der Waals surface area contributed by atoms with Gasteiger partial charge in [-0.25, -0.2) is 4.99 Å². The normalized spacial score (nSPS) is 16.2. The van der Waals surface area contributed by atoms with Gasteiger partial charge in [-0.3, -0.25) is 0 Å². The standard InChI is InChI=1S/C14H21N3S/c1-3-15-14(17-12-6-4-5-7-12)16-10-13-11(2)8-9-18-13/h4-5,8-9,12H,3,6-7,10H2,1-2H3,(H2,15,16,17). The first-order valence-corrected chi connectivity index (χ1v) is 7.40. The van der Waals surface area contributed by atoms with Crippen molar-refractivity contribution in [2.24, 2.45) is 4.99 Å². The summed E-state index contributed by atoms with van der Waals surface area (Å²) in [6.07, 6.45) is 6.65. The van der Waals surface area contributed by atoms with Crippen molar-refractivity contribution in [3.63, 3.8) is 0 Å². The predicted molar refractivity (Wildman–Crippen MR) is 79.2 cm³/mol. The number of guanidine groups is 1. The van der Waals surface area contributed by atoms with Gasteiger partial charge in [-0.2, -0.15) is 0 Å². The Balaban J connectivity index is 1.93. The maximum absolute atomic E-state index is 4.66. The number of thiophene rings is 1. The van der Waals surface area contributed by atoms with E-state index in [1.54, 1.807) is 11.3 Å². The third-order valence-electron chi connectivity index (χ3n) is 3.04. The lowest BCUT2D eigenvalue weighted by molar-refractivity contribution is 0.633. The molecule has 98 valence electrons. The van der Waals surface area contributed by atoms with Gasteiger partial charge in [0.25, 0.3) is 0 Å². The third-order valence-corrected chi connectivity index (χ3v) is 4.05. The van der Waals surface area contributed by atoms with Crippen LogP contribution >= 0.6 is 11.3 Å². The van der Waals surface area contributed by atoms with Crippen LogP contribution in [0.3, 0.4) is 0 Å². The van der Waals surface area contributed by atoms with E-state index in [1.165, 1.54) is 10.4 Å². The molecule has 0 radical (unpaired) electrons. The molecule has 2 N–H and O–H groups in total. The summed E-state index contributed by atoms with van der Waals surface area (Å²) in [4.78, 5) is 6.00. The molecule has 0 atom stereocenters. The molecule has 1 aromatic heterocycles. The lowest BCUT2D eigenvalue weighted by atomic mass is 10.2. The molecule has 1 heterocycles. The summed E-state index contributed by atoms with van der Waals surface area (Å²) in [6.45, 7) is 5.90. The second kappa shape index (κ2) is 6.59. The maximum Gasteiger partial charge on any atom is 0.191 e. The summed E-state index contributed by atoms with van der Waals surface area (Å²) in [5.41, 5.74) is 1.34. The van der Waals surface area contributed by atoms with E-state index < -0.39 is 0 Å². The van der Waals surface area contributed by atoms with E-state index in [-0.39, 0.29) is 0 Å². The van der Waals surface area contributed by atoms with E-state index >= 15 is 0 Å². The van der Waals surface area contributed by atoms with E-state index in [0.29, 0.717) is 6.04 Å². The Morgan fingerprint density at radius 1 is 1.44 bits per heavy atom. The number of aryl methyl sites for hydroxylation is 1. The van der Waals surface area contributed by atoms with E-state index in [0.717, 1.165) is 31.9 Å². The first-order valence-electron chi connectivity index (χ1n) is 6.52. The molecule has 0 amide bonds. The first-order chi connectivity index (χ1) is 8.79. The van der Waals surface area contributed by atoms with Crippen LogP contribution in [-0.2, 0) is 6.54 Å². The van der Waals surface area contributed by atoms with Crippen LogP contribution in [0.25, 0.3) is 0 Å². The van der Waals surface area contributed by atoms with E-state index in [4.69, 9.17) is 0 Å². The highest BCUT2D eigenvalue weighted by atomic mass is 32.1. The average Bonchev–Trinajstić information content (AvgIpc) is 2.98. The first kappa shape index (κ1) is 13.1. The minimum absolute atomic E-state index is 0.507. The molecule has 0 bridgehead atoms. The monoisotopic (exact) mass is 263 g/mol. The number of nitrogens with one attached hydrogen (secondary N) is 2. The van der Waals surface area contributed by atoms with Gasteiger partial charge >= 0.3 is 0 Å². The number of aliphatic imine (C=N–C) groups is 1. The Bertz CT molecular complexity index is 426. The largest absolute Gasteiger partial charge is 0.357 e. The zero-order chi connectivity index (χ0) is 12.8. The molecule has 1 aromatic rings. The number of rotatable bonds is 4. The average molecular weight is 263 g/mol. The molecule has 18 heavy (non-hydrogen) atoms. The van der Waals surface area contributed by atoms with E-state index in [2.05, 4.69) is 53.1 Å². The van der Waals surface area contributed by atoms with Crippen LogP contribution in [0.2, 0.25) is 0 Å². The molecular formula is C14H21N3S. The van der Waals surface area contributed by atoms with Crippen LogP contribution in [0, 0.1) is 6.92 Å². The van der Waals surface area contributed by atoms with Crippen LogP contribution in [0.4, 0.5) is 0 Å². The molecule has 0 spiro atoms. The van der Waals surface area contributed by atoms with Gasteiger partial charge in [0, 0.05) is 17.5 Å². The van der Waals surface area contributed by atoms with Crippen LogP contribution in [-0.4, -0.2) is 18.5 Å². The summed E-state index contributed by atoms with van der Waals surface area (Å²) >= 11 is 1.78. The molecule has 1 aliphatic carbocycles. The number of hydrogen-bond donors (Lipinski definition) is 2. The minimum Gasteiger partial charge on any atom is -0.357 e. The molecule has 0 saturated heterocycles. The van der Waals surface area contributed by atoms with Gasteiger partial charge in [-0.05, 0) is 43.7 Å². The Hall–Kier alpha value is -1.29. The van der Waals surface area contributed by atoms with Crippen LogP contribution in [0.15, 0.2) is 28.6 Å². The highest BCUT2D eigenvalue weighted by Crippen LogP contribution is 2.16. The molecule has 4 heteroatoms. The Morgan fingerprint density at radius 3 is 2.83 bits per heavy atom. The van der Waals surface area contributed by atoms with E-state index in [1.807, 2.05) is 0 Å². The number of hydrogen-bond acceptors (Lipinski definition) is 2. The van der Waals surface area contributed by atoms with Crippen LogP contribution in [0.5, 0.6) is 0 Å². The van der Waals surface area contributed by atoms with Crippen molar-refractivity contribution in [1.82, 2.24) is 10.6 Å². The molecule has 1 aliphatic rings. The zero-order valence-electron chi connectivity index (χ0n) is 11.1. The van der Waals surface area contributed by atoms with Gasteiger partial charge in [0.05, 0.1) is 6.54 Å². The molecule has 2 rings (SSSR count). The SMILES string of the molecule is CCNC(=NCc1sccc1C)NC1CC=CC1. The van der Waals surface area contributed by atoms with Gasteiger partial charge in [0.1, 0.15) is 0 Å². The van der Waals surface area contributed by atoms with Crippen LogP contribution < -0.4 is 10.6 Å². The highest BCUT2D eigenvalue weighted by Gasteiger charge is 2.11. The Morgan fingerprint density at radius 2 is 2.22 bits per heavy atom.